The van der Waals surface area contributed by atoms with E-state index in [1.807, 2.05) is 0 Å². The third-order valence-electron chi connectivity index (χ3n) is 18.7. The van der Waals surface area contributed by atoms with Crippen LogP contribution in [0.1, 0.15) is 275 Å². The Bertz CT molecular complexity index is 3890. The van der Waals surface area contributed by atoms with E-state index >= 15 is 0 Å². The number of benzene rings is 4. The molecule has 4 aromatic carbocycles. The summed E-state index contributed by atoms with van der Waals surface area (Å²) < 4.78 is 32.9. The lowest BCUT2D eigenvalue weighted by molar-refractivity contribution is -0.187. The molecule has 0 unspecified atom stereocenters. The number of nitrogens with one attached hydrogen (secondary N) is 2. The number of amides is 2. The summed E-state index contributed by atoms with van der Waals surface area (Å²) in [7, 11) is 0. The van der Waals surface area contributed by atoms with Crippen LogP contribution in [0.5, 0.6) is 11.5 Å². The zero-order valence-corrected chi connectivity index (χ0v) is 70.6. The Balaban J connectivity index is 0.000000793. The predicted molar refractivity (Wildman–Crippen MR) is 455 cm³/mol. The molecular weight excluding hydrogens is 1510 g/mol. The number of carboxylic acid groups (broad SMARTS) is 1. The topological polar surface area (TPSA) is 348 Å². The lowest BCUT2D eigenvalue weighted by Crippen LogP contribution is -2.57. The van der Waals surface area contributed by atoms with Crippen LogP contribution in [0, 0.1) is 35.5 Å². The van der Waals surface area contributed by atoms with Crippen LogP contribution in [0.2, 0.25) is 0 Å². The molecule has 118 heavy (non-hydrogen) atoms. The molecule has 0 aliphatic rings. The van der Waals surface area contributed by atoms with E-state index in [9.17, 15) is 73.2 Å². The largest absolute Gasteiger partial charge is 0.481 e. The number of carbonyl (C=O) groups is 11. The van der Waals surface area contributed by atoms with Gasteiger partial charge in [0.2, 0.25) is 11.8 Å². The fraction of sp³-hybridized carbons (Fsp3) is 0.547. The van der Waals surface area contributed by atoms with Crippen LogP contribution in [0.3, 0.4) is 0 Å². The van der Waals surface area contributed by atoms with E-state index in [1.165, 1.54) is 58.6 Å². The van der Waals surface area contributed by atoms with Crippen molar-refractivity contribution in [2.24, 2.45) is 11.8 Å². The first-order valence-electron chi connectivity index (χ1n) is 41.3. The van der Waals surface area contributed by atoms with Crippen molar-refractivity contribution in [3.8, 4) is 35.2 Å². The van der Waals surface area contributed by atoms with Crippen molar-refractivity contribution >= 4 is 64.8 Å². The Hall–Kier alpha value is -10.1. The standard InChI is InChI=1S/C47H63NO11.C47H65NO10.CH4/c1-6-8-10-13-19-24-37(49)25-20-14-11-12-15-21-26-39(47(56,33-42(51)52)45(55)59-46(3,4)5)43(53)48-40(32-35-27-29-38(30-28-35)57-31-9-7-2)44(54)58-34-41(50)36-22-17-16-18-23-36;1-6-8-10-13-19-24-38(50)25-20-14-11-12-15-21-26-40(47(55,31-32-49)45(54)58-46(3,4)5)43(52)48-41(34-36-27-29-39(30-28-36)56-33-9-7-2)44(53)57-35-42(51)37-22-17-16-18-23-37;/h16-18,21-23,26-30,39-40,56H,6,8,10-15,19-20,24-25,31-34H2,1-5H3,(H,48,53)(H,51,52);16-18,21-23,26-30,40-41,49,55H,6,8,10-15,19-20,24-25,31-35H2,1-5H3,(H,48,52);1H4/b2*26-21+;/t39-,40+,47+;40-,41+,47+;/m11./s1. The highest BCUT2D eigenvalue weighted by atomic mass is 16.6. The van der Waals surface area contributed by atoms with Crippen molar-refractivity contribution in [1.29, 1.82) is 0 Å². The molecule has 4 aromatic rings. The minimum Gasteiger partial charge on any atom is -0.481 e. The number of unbranched alkanes of at least 4 members (excludes halogenated alkanes) is 16. The normalized spacial score (nSPS) is 13.2. The van der Waals surface area contributed by atoms with Gasteiger partial charge in [-0.3, -0.25) is 33.6 Å². The molecule has 648 valence electrons. The SMILES string of the molecule is C.CC#CCOc1ccc(C[C@H](NC(=O)[C@@H](/C=C/CCCCCCC(=O)CCCCCCC)[C@@](O)(CC(=O)O)C(=O)OC(C)(C)C)C(=O)OCC(=O)c2ccccc2)cc1.CC#CCOc1ccc(C[C@H](NC(=O)[C@@H](/C=C/CCCCCCC(=O)CCCCCCC)[C@@](O)(CCO)C(=O)OC(C)(C)C)C(=O)OCC(=O)c2ccccc2)cc1. The highest BCUT2D eigenvalue weighted by Crippen LogP contribution is 2.32. The summed E-state index contributed by atoms with van der Waals surface area (Å²) in [6.07, 6.45) is 24.6. The number of hydrogen-bond donors (Lipinski definition) is 6. The van der Waals surface area contributed by atoms with Gasteiger partial charge in [0.05, 0.1) is 18.3 Å². The number of ether oxygens (including phenoxy) is 6. The number of hydrogen-bond acceptors (Lipinski definition) is 20. The molecule has 0 fully saturated rings. The minimum atomic E-state index is -2.88. The molecule has 0 aromatic heterocycles. The predicted octanol–water partition coefficient (Wildman–Crippen LogP) is 15.6. The molecule has 4 rings (SSSR count). The van der Waals surface area contributed by atoms with Gasteiger partial charge in [0.15, 0.2) is 36.0 Å². The summed E-state index contributed by atoms with van der Waals surface area (Å²) in [5.41, 5.74) is -5.73. The Labute approximate surface area is 700 Å². The second-order valence-corrected chi connectivity index (χ2v) is 31.1. The summed E-state index contributed by atoms with van der Waals surface area (Å²) in [6.45, 7) is 15.7. The number of rotatable bonds is 56. The van der Waals surface area contributed by atoms with Crippen molar-refractivity contribution in [3.05, 3.63) is 156 Å². The third kappa shape index (κ3) is 42.9. The Morgan fingerprint density at radius 2 is 0.797 bits per heavy atom. The van der Waals surface area contributed by atoms with Crippen molar-refractivity contribution < 1.29 is 102 Å². The number of carboxylic acids is 1. The van der Waals surface area contributed by atoms with Gasteiger partial charge in [-0.2, -0.15) is 0 Å². The number of aliphatic carboxylic acids is 1. The number of aliphatic hydroxyl groups excluding tert-OH is 1. The van der Waals surface area contributed by atoms with Crippen LogP contribution < -0.4 is 20.1 Å². The maximum atomic E-state index is 14.2. The first-order valence-corrected chi connectivity index (χ1v) is 41.3. The average Bonchev–Trinajstić information content (AvgIpc) is 0.800. The van der Waals surface area contributed by atoms with E-state index in [2.05, 4.69) is 48.2 Å². The van der Waals surface area contributed by atoms with Gasteiger partial charge in [0, 0.05) is 62.7 Å². The summed E-state index contributed by atoms with van der Waals surface area (Å²) in [6, 6.07) is 27.2. The van der Waals surface area contributed by atoms with Gasteiger partial charge in [-0.1, -0.05) is 219 Å². The first kappa shape index (κ1) is 104. The van der Waals surface area contributed by atoms with Gasteiger partial charge in [-0.15, -0.1) is 11.8 Å². The molecule has 6 N–H and O–H groups in total. The summed E-state index contributed by atoms with van der Waals surface area (Å²) in [5, 5.41) is 48.8. The second kappa shape index (κ2) is 57.9. The minimum absolute atomic E-state index is 0. The molecule has 23 heteroatoms. The second-order valence-electron chi connectivity index (χ2n) is 31.1. The van der Waals surface area contributed by atoms with Gasteiger partial charge >= 0.3 is 29.8 Å². The van der Waals surface area contributed by atoms with Crippen LogP contribution in [-0.2, 0) is 74.9 Å². The highest BCUT2D eigenvalue weighted by molar-refractivity contribution is 6.00. The van der Waals surface area contributed by atoms with Gasteiger partial charge in [-0.25, -0.2) is 19.2 Å². The molecular formula is C95H132N2O21. The Kier molecular flexibility index (Phi) is 51.1. The summed E-state index contributed by atoms with van der Waals surface area (Å²) in [4.78, 5) is 145. The van der Waals surface area contributed by atoms with Crippen LogP contribution in [0.15, 0.2) is 133 Å². The van der Waals surface area contributed by atoms with Gasteiger partial charge < -0.3 is 59.5 Å². The molecule has 23 nitrogen and oxygen atoms in total. The highest BCUT2D eigenvalue weighted by Gasteiger charge is 2.52. The number of allylic oxidation sites excluding steroid dienone is 2. The molecule has 2 amide bonds. The van der Waals surface area contributed by atoms with Crippen LogP contribution >= 0.6 is 0 Å². The zero-order chi connectivity index (χ0) is 86.5. The van der Waals surface area contributed by atoms with Crippen LogP contribution in [0.4, 0.5) is 0 Å². The number of Topliss-reactive ketones (excluding diaryl/α,β-unsaturated/α-hetero) is 4. The lowest BCUT2D eigenvalue weighted by atomic mass is 9.82. The van der Waals surface area contributed by atoms with Crippen molar-refractivity contribution in [1.82, 2.24) is 10.6 Å². The lowest BCUT2D eigenvalue weighted by Gasteiger charge is -2.34. The van der Waals surface area contributed by atoms with E-state index in [-0.39, 0.29) is 39.3 Å². The average molecular weight is 1640 g/mol. The fourth-order valence-electron chi connectivity index (χ4n) is 12.3. The third-order valence-corrected chi connectivity index (χ3v) is 18.7. The molecule has 0 radical (unpaired) electrons. The molecule has 0 spiro atoms. The van der Waals surface area contributed by atoms with E-state index in [4.69, 9.17) is 28.4 Å². The zero-order valence-electron chi connectivity index (χ0n) is 70.6. The first-order chi connectivity index (χ1) is 55.8. The summed E-state index contributed by atoms with van der Waals surface area (Å²) in [5.74, 6) is 0.582. The number of esters is 4. The monoisotopic (exact) mass is 1640 g/mol. The summed E-state index contributed by atoms with van der Waals surface area (Å²) >= 11 is 0. The number of ketones is 4. The molecule has 0 saturated carbocycles. The quantitative estimate of drug-likeness (QED) is 0.00597. The van der Waals surface area contributed by atoms with E-state index in [0.29, 0.717) is 84.5 Å². The number of carbonyl (C=O) groups excluding carboxylic acids is 10. The maximum absolute atomic E-state index is 14.2. The van der Waals surface area contributed by atoms with Crippen LogP contribution in [0.25, 0.3) is 0 Å². The van der Waals surface area contributed by atoms with Crippen molar-refractivity contribution in [2.45, 2.75) is 291 Å². The van der Waals surface area contributed by atoms with Gasteiger partial charge in [0.1, 0.15) is 59.6 Å². The van der Waals surface area contributed by atoms with E-state index < -0.39 is 132 Å². The van der Waals surface area contributed by atoms with E-state index in [1.54, 1.807) is 156 Å². The Morgan fingerprint density at radius 1 is 0.458 bits per heavy atom. The Morgan fingerprint density at radius 3 is 1.13 bits per heavy atom. The molecule has 0 aliphatic carbocycles. The van der Waals surface area contributed by atoms with Crippen molar-refractivity contribution in [3.63, 3.8) is 0 Å². The van der Waals surface area contributed by atoms with Gasteiger partial charge in [-0.05, 0) is 142 Å². The molecule has 0 saturated heterocycles. The molecule has 0 aliphatic heterocycles. The van der Waals surface area contributed by atoms with Crippen molar-refractivity contribution in [2.75, 3.05) is 33.0 Å². The smallest absolute Gasteiger partial charge is 0.340 e. The number of aliphatic hydroxyl groups is 3. The molecule has 0 bridgehead atoms. The molecule has 0 heterocycles. The van der Waals surface area contributed by atoms with Gasteiger partial charge in [0.25, 0.3) is 0 Å². The van der Waals surface area contributed by atoms with Crippen LogP contribution in [-0.4, -0.2) is 153 Å². The maximum Gasteiger partial charge on any atom is 0.340 e. The van der Waals surface area contributed by atoms with E-state index in [0.717, 1.165) is 83.5 Å². The molecule has 6 atom stereocenters. The fourth-order valence-corrected chi connectivity index (χ4v) is 12.3.